The van der Waals surface area contributed by atoms with Gasteiger partial charge in [0.25, 0.3) is 5.91 Å². The molecular weight excluding hydrogens is 576 g/mol. The Kier molecular flexibility index (Phi) is 12.0. The minimum absolute atomic E-state index is 0.0465. The van der Waals surface area contributed by atoms with Crippen molar-refractivity contribution in [3.8, 4) is 0 Å². The monoisotopic (exact) mass is 632 g/mol. The maximum Gasteiger partial charge on any atom is 0.316 e. The maximum atomic E-state index is 14.2. The van der Waals surface area contributed by atoms with Gasteiger partial charge < -0.3 is 31.5 Å². The van der Waals surface area contributed by atoms with Crippen LogP contribution in [0.2, 0.25) is 0 Å². The highest BCUT2D eigenvalue weighted by molar-refractivity contribution is 6.37. The second-order valence-corrected chi connectivity index (χ2v) is 15.3. The van der Waals surface area contributed by atoms with Crippen LogP contribution in [0.3, 0.4) is 0 Å². The lowest BCUT2D eigenvalue weighted by Crippen LogP contribution is -2.62. The smallest absolute Gasteiger partial charge is 0.316 e. The molecule has 12 heteroatoms. The van der Waals surface area contributed by atoms with Crippen molar-refractivity contribution in [3.63, 3.8) is 0 Å². The number of primary amides is 1. The minimum atomic E-state index is -1.10. The van der Waals surface area contributed by atoms with Crippen LogP contribution in [-0.4, -0.2) is 89.5 Å². The first-order valence-electron chi connectivity index (χ1n) is 16.7. The van der Waals surface area contributed by atoms with Crippen LogP contribution in [0.25, 0.3) is 0 Å². The molecule has 1 heterocycles. The Morgan fingerprint density at radius 2 is 1.51 bits per heavy atom. The maximum absolute atomic E-state index is 14.2. The highest BCUT2D eigenvalue weighted by Crippen LogP contribution is 2.35. The van der Waals surface area contributed by atoms with Crippen LogP contribution in [0, 0.1) is 35.0 Å². The Hall–Kier alpha value is -3.18. The SMILES string of the molecule is CC(C)C1CCN(C(=O)[C@@H](NC(=O)N[C@H](C(=O)N(C)CC2CC2)C(C)C)C(C)(C)C)[C@@H]1C(=O)NC(CC1CCC1)C(=O)C(N)=O. The molecule has 5 N–H and O–H groups in total. The second kappa shape index (κ2) is 14.9. The van der Waals surface area contributed by atoms with Gasteiger partial charge in [0.2, 0.25) is 23.5 Å². The highest BCUT2D eigenvalue weighted by atomic mass is 16.2. The van der Waals surface area contributed by atoms with E-state index in [2.05, 4.69) is 16.0 Å². The van der Waals surface area contributed by atoms with E-state index in [1.54, 1.807) is 11.9 Å². The molecule has 0 aromatic heterocycles. The normalized spacial score (nSPS) is 22.3. The van der Waals surface area contributed by atoms with Crippen LogP contribution in [0.4, 0.5) is 4.79 Å². The molecule has 6 amide bonds. The van der Waals surface area contributed by atoms with Crippen LogP contribution >= 0.6 is 0 Å². The van der Waals surface area contributed by atoms with Crippen LogP contribution in [-0.2, 0) is 24.0 Å². The first-order valence-corrected chi connectivity index (χ1v) is 16.7. The summed E-state index contributed by atoms with van der Waals surface area (Å²) < 4.78 is 0. The number of urea groups is 1. The number of nitrogens with two attached hydrogens (primary N) is 1. The number of hydrogen-bond acceptors (Lipinski definition) is 6. The molecule has 1 saturated heterocycles. The van der Waals surface area contributed by atoms with Gasteiger partial charge in [-0.2, -0.15) is 0 Å². The molecule has 12 nitrogen and oxygen atoms in total. The summed E-state index contributed by atoms with van der Waals surface area (Å²) in [5.41, 5.74) is 4.59. The standard InChI is InChI=1S/C33H56N6O6/c1-18(2)22-14-15-39(25(22)29(42)35-23(26(40)28(34)41)16-20-10-9-11-20)31(44)27(33(5,6)7)37-32(45)36-24(19(3)4)30(43)38(8)17-21-12-13-21/h18-25,27H,9-17H2,1-8H3,(H2,34,41)(H,35,42)(H2,36,37,45)/t22?,23?,24-,25-,27+/m0/s1. The van der Waals surface area contributed by atoms with Crippen molar-refractivity contribution in [2.45, 2.75) is 118 Å². The second-order valence-electron chi connectivity index (χ2n) is 15.3. The molecule has 1 aliphatic heterocycles. The summed E-state index contributed by atoms with van der Waals surface area (Å²) in [7, 11) is 1.74. The van der Waals surface area contributed by atoms with Crippen molar-refractivity contribution in [2.75, 3.05) is 20.1 Å². The summed E-state index contributed by atoms with van der Waals surface area (Å²) in [5, 5.41) is 8.41. The molecular formula is C33H56N6O6. The summed E-state index contributed by atoms with van der Waals surface area (Å²) in [6.07, 6.45) is 5.97. The molecule has 45 heavy (non-hydrogen) atoms. The molecule has 0 aromatic rings. The van der Waals surface area contributed by atoms with E-state index in [0.29, 0.717) is 31.8 Å². The molecule has 3 aliphatic rings. The number of hydrogen-bond donors (Lipinski definition) is 4. The van der Waals surface area contributed by atoms with Crippen molar-refractivity contribution in [3.05, 3.63) is 0 Å². The number of Topliss-reactive ketones (excluding diaryl/α,β-unsaturated/α-hetero) is 1. The summed E-state index contributed by atoms with van der Waals surface area (Å²) in [5.74, 6) is -2.63. The molecule has 0 radical (unpaired) electrons. The molecule has 5 atom stereocenters. The van der Waals surface area contributed by atoms with E-state index in [1.165, 1.54) is 4.90 Å². The van der Waals surface area contributed by atoms with E-state index in [4.69, 9.17) is 5.73 Å². The third-order valence-electron chi connectivity index (χ3n) is 9.74. The zero-order valence-electron chi connectivity index (χ0n) is 28.5. The number of nitrogens with one attached hydrogen (secondary N) is 3. The Labute approximate surface area is 268 Å². The lowest BCUT2D eigenvalue weighted by Gasteiger charge is -2.37. The Morgan fingerprint density at radius 3 is 1.98 bits per heavy atom. The van der Waals surface area contributed by atoms with Crippen molar-refractivity contribution in [1.82, 2.24) is 25.8 Å². The zero-order valence-corrected chi connectivity index (χ0v) is 28.5. The zero-order chi connectivity index (χ0) is 33.8. The largest absolute Gasteiger partial charge is 0.363 e. The van der Waals surface area contributed by atoms with Crippen LogP contribution in [0.15, 0.2) is 0 Å². The van der Waals surface area contributed by atoms with Gasteiger partial charge in [-0.1, -0.05) is 67.7 Å². The molecule has 0 aromatic carbocycles. The number of amides is 6. The Bertz CT molecular complexity index is 1130. The average Bonchev–Trinajstić information content (AvgIpc) is 3.61. The van der Waals surface area contributed by atoms with Gasteiger partial charge in [-0.15, -0.1) is 0 Å². The fourth-order valence-electron chi connectivity index (χ4n) is 6.48. The third-order valence-corrected chi connectivity index (χ3v) is 9.74. The van der Waals surface area contributed by atoms with E-state index in [0.717, 1.165) is 32.1 Å². The minimum Gasteiger partial charge on any atom is -0.363 e. The summed E-state index contributed by atoms with van der Waals surface area (Å²) >= 11 is 0. The topological polar surface area (TPSA) is 171 Å². The number of rotatable bonds is 14. The molecule has 0 spiro atoms. The number of carbonyl (C=O) groups is 6. The van der Waals surface area contributed by atoms with E-state index in [1.807, 2.05) is 48.5 Å². The third kappa shape index (κ3) is 9.42. The highest BCUT2D eigenvalue weighted by Gasteiger charge is 2.48. The van der Waals surface area contributed by atoms with Crippen molar-refractivity contribution in [2.24, 2.45) is 40.7 Å². The van der Waals surface area contributed by atoms with Crippen LogP contribution in [0.1, 0.15) is 93.4 Å². The fourth-order valence-corrected chi connectivity index (χ4v) is 6.48. The summed E-state index contributed by atoms with van der Waals surface area (Å²) in [4.78, 5) is 82.4. The van der Waals surface area contributed by atoms with Gasteiger partial charge >= 0.3 is 6.03 Å². The first kappa shape index (κ1) is 36.3. The van der Waals surface area contributed by atoms with E-state index in [-0.39, 0.29) is 29.6 Å². The van der Waals surface area contributed by atoms with Crippen LogP contribution < -0.4 is 21.7 Å². The van der Waals surface area contributed by atoms with Gasteiger partial charge in [0, 0.05) is 20.1 Å². The van der Waals surface area contributed by atoms with Crippen molar-refractivity contribution < 1.29 is 28.8 Å². The summed E-state index contributed by atoms with van der Waals surface area (Å²) in [6.45, 7) is 14.1. The van der Waals surface area contributed by atoms with Gasteiger partial charge in [-0.05, 0) is 60.7 Å². The lowest BCUT2D eigenvalue weighted by molar-refractivity contribution is -0.144. The number of carbonyl (C=O) groups excluding carboxylic acids is 6. The van der Waals surface area contributed by atoms with Gasteiger partial charge in [-0.3, -0.25) is 24.0 Å². The van der Waals surface area contributed by atoms with Gasteiger partial charge in [0.05, 0.1) is 6.04 Å². The predicted octanol–water partition coefficient (Wildman–Crippen LogP) is 2.20. The molecule has 0 bridgehead atoms. The molecule has 2 unspecified atom stereocenters. The Balaban J connectivity index is 1.79. The predicted molar refractivity (Wildman–Crippen MR) is 170 cm³/mol. The number of likely N-dealkylation sites (tertiary alicyclic amines) is 1. The quantitative estimate of drug-likeness (QED) is 0.214. The molecule has 254 valence electrons. The number of nitrogens with zero attached hydrogens (tertiary/aromatic N) is 2. The average molecular weight is 633 g/mol. The number of ketones is 1. The van der Waals surface area contributed by atoms with Gasteiger partial charge in [-0.25, -0.2) is 4.79 Å². The lowest BCUT2D eigenvalue weighted by atomic mass is 9.80. The van der Waals surface area contributed by atoms with E-state index >= 15 is 0 Å². The van der Waals surface area contributed by atoms with E-state index in [9.17, 15) is 28.8 Å². The van der Waals surface area contributed by atoms with Gasteiger partial charge in [0.15, 0.2) is 0 Å². The van der Waals surface area contributed by atoms with Gasteiger partial charge in [0.1, 0.15) is 18.1 Å². The number of likely N-dealkylation sites (N-methyl/N-ethyl adjacent to an activating group) is 1. The summed E-state index contributed by atoms with van der Waals surface area (Å²) in [6, 6.07) is -4.35. The molecule has 2 aliphatic carbocycles. The molecule has 3 fully saturated rings. The van der Waals surface area contributed by atoms with E-state index < -0.39 is 59.1 Å². The molecule has 2 saturated carbocycles. The van der Waals surface area contributed by atoms with Crippen molar-refractivity contribution in [1.29, 1.82) is 0 Å². The fraction of sp³-hybridized carbons (Fsp3) is 0.818. The van der Waals surface area contributed by atoms with Crippen LogP contribution in [0.5, 0.6) is 0 Å². The van der Waals surface area contributed by atoms with Crippen molar-refractivity contribution >= 4 is 35.4 Å². The molecule has 3 rings (SSSR count). The first-order chi connectivity index (χ1) is 20.9. The Morgan fingerprint density at radius 1 is 0.889 bits per heavy atom.